The van der Waals surface area contributed by atoms with Gasteiger partial charge in [-0.25, -0.2) is 0 Å². The second kappa shape index (κ2) is 8.63. The van der Waals surface area contributed by atoms with Crippen LogP contribution >= 0.6 is 0 Å². The van der Waals surface area contributed by atoms with Gasteiger partial charge in [0.15, 0.2) is 0 Å². The molecule has 27 heavy (non-hydrogen) atoms. The molecule has 148 valence electrons. The molecule has 1 aromatic rings. The van der Waals surface area contributed by atoms with Crippen molar-refractivity contribution < 1.29 is 19.1 Å². The van der Waals surface area contributed by atoms with Crippen molar-refractivity contribution in [2.24, 2.45) is 5.92 Å². The van der Waals surface area contributed by atoms with Crippen molar-refractivity contribution in [2.45, 2.75) is 39.0 Å². The van der Waals surface area contributed by atoms with E-state index in [4.69, 9.17) is 9.47 Å². The minimum atomic E-state index is 0.0131. The predicted molar refractivity (Wildman–Crippen MR) is 103 cm³/mol. The molecular weight excluding hydrogens is 344 g/mol. The van der Waals surface area contributed by atoms with E-state index in [-0.39, 0.29) is 5.91 Å². The molecule has 1 aromatic carbocycles. The third kappa shape index (κ3) is 4.37. The van der Waals surface area contributed by atoms with Crippen molar-refractivity contribution in [1.82, 2.24) is 9.80 Å². The Kier molecular flexibility index (Phi) is 6.24. The average molecular weight is 374 g/mol. The molecule has 0 aromatic heterocycles. The van der Waals surface area contributed by atoms with Crippen LogP contribution in [0, 0.1) is 12.8 Å². The maximum atomic E-state index is 12.9. The SMILES string of the molecule is COc1cc(C(=O)N2CCC(CN3CCCCC3=O)CC2)cc(OC)c1C. The number of methoxy groups -OCH3 is 2. The minimum absolute atomic E-state index is 0.0131. The van der Waals surface area contributed by atoms with Gasteiger partial charge in [0.05, 0.1) is 14.2 Å². The van der Waals surface area contributed by atoms with Crippen LogP contribution < -0.4 is 9.47 Å². The monoisotopic (exact) mass is 374 g/mol. The van der Waals surface area contributed by atoms with Gasteiger partial charge in [-0.2, -0.15) is 0 Å². The van der Waals surface area contributed by atoms with Crippen molar-refractivity contribution in [3.05, 3.63) is 23.3 Å². The standard InChI is InChI=1S/C21H30N2O4/c1-15-18(26-2)12-17(13-19(15)27-3)21(25)22-10-7-16(8-11-22)14-23-9-5-4-6-20(23)24/h12-13,16H,4-11,14H2,1-3H3. The van der Waals surface area contributed by atoms with Gasteiger partial charge in [0, 0.05) is 43.7 Å². The van der Waals surface area contributed by atoms with Crippen LogP contribution in [-0.4, -0.2) is 62.0 Å². The van der Waals surface area contributed by atoms with E-state index in [9.17, 15) is 9.59 Å². The molecule has 2 saturated heterocycles. The van der Waals surface area contributed by atoms with Crippen LogP contribution in [0.25, 0.3) is 0 Å². The smallest absolute Gasteiger partial charge is 0.254 e. The van der Waals surface area contributed by atoms with Crippen LogP contribution in [0.4, 0.5) is 0 Å². The molecule has 0 atom stereocenters. The second-order valence-corrected chi connectivity index (χ2v) is 7.54. The number of benzene rings is 1. The molecule has 0 spiro atoms. The van der Waals surface area contributed by atoms with Crippen LogP contribution in [0.2, 0.25) is 0 Å². The molecule has 0 unspecified atom stereocenters. The first-order valence-corrected chi connectivity index (χ1v) is 9.83. The van der Waals surface area contributed by atoms with E-state index in [1.807, 2.05) is 16.7 Å². The molecule has 2 amide bonds. The fraction of sp³-hybridized carbons (Fsp3) is 0.619. The summed E-state index contributed by atoms with van der Waals surface area (Å²) in [7, 11) is 3.20. The fourth-order valence-corrected chi connectivity index (χ4v) is 4.08. The van der Waals surface area contributed by atoms with Gasteiger partial charge in [0.1, 0.15) is 11.5 Å². The molecule has 3 rings (SSSR count). The van der Waals surface area contributed by atoms with E-state index in [1.54, 1.807) is 26.4 Å². The Morgan fingerprint density at radius 3 is 2.26 bits per heavy atom. The summed E-state index contributed by atoms with van der Waals surface area (Å²) < 4.78 is 10.8. The largest absolute Gasteiger partial charge is 0.496 e. The third-order valence-electron chi connectivity index (χ3n) is 5.80. The first-order chi connectivity index (χ1) is 13.0. The summed E-state index contributed by atoms with van der Waals surface area (Å²) in [5, 5.41) is 0. The molecule has 0 saturated carbocycles. The van der Waals surface area contributed by atoms with E-state index < -0.39 is 0 Å². The summed E-state index contributed by atoms with van der Waals surface area (Å²) in [6.45, 7) is 5.10. The number of carbonyl (C=O) groups excluding carboxylic acids is 2. The van der Waals surface area contributed by atoms with Crippen LogP contribution in [-0.2, 0) is 4.79 Å². The zero-order valence-electron chi connectivity index (χ0n) is 16.6. The Morgan fingerprint density at radius 1 is 1.07 bits per heavy atom. The fourth-order valence-electron chi connectivity index (χ4n) is 4.08. The molecule has 0 N–H and O–H groups in total. The van der Waals surface area contributed by atoms with Crippen molar-refractivity contribution in [1.29, 1.82) is 0 Å². The average Bonchev–Trinajstić information content (AvgIpc) is 2.70. The Labute approximate surface area is 161 Å². The number of hydrogen-bond acceptors (Lipinski definition) is 4. The number of nitrogens with zero attached hydrogens (tertiary/aromatic N) is 2. The van der Waals surface area contributed by atoms with Gasteiger partial charge in [-0.15, -0.1) is 0 Å². The van der Waals surface area contributed by atoms with E-state index in [0.29, 0.717) is 35.3 Å². The van der Waals surface area contributed by atoms with Gasteiger partial charge in [-0.1, -0.05) is 0 Å². The zero-order chi connectivity index (χ0) is 19.4. The summed E-state index contributed by atoms with van der Waals surface area (Å²) in [4.78, 5) is 28.9. The lowest BCUT2D eigenvalue weighted by Crippen LogP contribution is -2.44. The summed E-state index contributed by atoms with van der Waals surface area (Å²) >= 11 is 0. The van der Waals surface area contributed by atoms with Crippen molar-refractivity contribution in [3.8, 4) is 11.5 Å². The topological polar surface area (TPSA) is 59.1 Å². The lowest BCUT2D eigenvalue weighted by atomic mass is 9.94. The number of likely N-dealkylation sites (tertiary alicyclic amines) is 2. The zero-order valence-corrected chi connectivity index (χ0v) is 16.6. The number of carbonyl (C=O) groups is 2. The van der Waals surface area contributed by atoms with E-state index in [2.05, 4.69) is 0 Å². The normalized spacial score (nSPS) is 18.6. The third-order valence-corrected chi connectivity index (χ3v) is 5.80. The van der Waals surface area contributed by atoms with Gasteiger partial charge in [0.2, 0.25) is 5.91 Å². The minimum Gasteiger partial charge on any atom is -0.496 e. The maximum Gasteiger partial charge on any atom is 0.254 e. The summed E-state index contributed by atoms with van der Waals surface area (Å²) in [6.07, 6.45) is 4.70. The van der Waals surface area contributed by atoms with Gasteiger partial charge < -0.3 is 19.3 Å². The Hall–Kier alpha value is -2.24. The lowest BCUT2D eigenvalue weighted by molar-refractivity contribution is -0.134. The van der Waals surface area contributed by atoms with Crippen molar-refractivity contribution in [3.63, 3.8) is 0 Å². The van der Waals surface area contributed by atoms with Gasteiger partial charge in [0.25, 0.3) is 5.91 Å². The highest BCUT2D eigenvalue weighted by molar-refractivity contribution is 5.95. The highest BCUT2D eigenvalue weighted by Gasteiger charge is 2.28. The summed E-state index contributed by atoms with van der Waals surface area (Å²) in [5.41, 5.74) is 1.49. The molecule has 2 fully saturated rings. The molecule has 0 radical (unpaired) electrons. The maximum absolute atomic E-state index is 12.9. The molecule has 2 heterocycles. The van der Waals surface area contributed by atoms with Crippen molar-refractivity contribution in [2.75, 3.05) is 40.4 Å². The van der Waals surface area contributed by atoms with E-state index in [0.717, 1.165) is 57.4 Å². The quantitative estimate of drug-likeness (QED) is 0.795. The number of piperidine rings is 2. The summed E-state index contributed by atoms with van der Waals surface area (Å²) in [5.74, 6) is 2.11. The molecule has 2 aliphatic heterocycles. The highest BCUT2D eigenvalue weighted by atomic mass is 16.5. The lowest BCUT2D eigenvalue weighted by Gasteiger charge is -2.36. The second-order valence-electron chi connectivity index (χ2n) is 7.54. The van der Waals surface area contributed by atoms with Crippen LogP contribution in [0.5, 0.6) is 11.5 Å². The van der Waals surface area contributed by atoms with Crippen LogP contribution in [0.1, 0.15) is 48.0 Å². The number of amides is 2. The highest BCUT2D eigenvalue weighted by Crippen LogP contribution is 2.31. The van der Waals surface area contributed by atoms with Crippen LogP contribution in [0.3, 0.4) is 0 Å². The first-order valence-electron chi connectivity index (χ1n) is 9.83. The van der Waals surface area contributed by atoms with Crippen LogP contribution in [0.15, 0.2) is 12.1 Å². The molecule has 0 bridgehead atoms. The number of rotatable bonds is 5. The Balaban J connectivity index is 1.61. The van der Waals surface area contributed by atoms with Gasteiger partial charge in [-0.05, 0) is 50.7 Å². The molecule has 0 aliphatic carbocycles. The molecule has 2 aliphatic rings. The number of ether oxygens (including phenoxy) is 2. The Morgan fingerprint density at radius 2 is 1.70 bits per heavy atom. The van der Waals surface area contributed by atoms with E-state index in [1.165, 1.54) is 0 Å². The molecular formula is C21H30N2O4. The summed E-state index contributed by atoms with van der Waals surface area (Å²) in [6, 6.07) is 3.58. The Bertz CT molecular complexity index is 670. The molecule has 6 heteroatoms. The van der Waals surface area contributed by atoms with Crippen molar-refractivity contribution >= 4 is 11.8 Å². The predicted octanol–water partition coefficient (Wildman–Crippen LogP) is 2.88. The van der Waals surface area contributed by atoms with Gasteiger partial charge in [-0.3, -0.25) is 9.59 Å². The first kappa shape index (κ1) is 19.5. The van der Waals surface area contributed by atoms with E-state index >= 15 is 0 Å². The molecule has 6 nitrogen and oxygen atoms in total. The van der Waals surface area contributed by atoms with Gasteiger partial charge >= 0.3 is 0 Å². The number of hydrogen-bond donors (Lipinski definition) is 0.